The molecule has 2 rings (SSSR count). The second kappa shape index (κ2) is 6.61. The molecule has 1 atom stereocenters. The predicted molar refractivity (Wildman–Crippen MR) is 71.8 cm³/mol. The van der Waals surface area contributed by atoms with E-state index >= 15 is 0 Å². The third kappa shape index (κ3) is 2.74. The summed E-state index contributed by atoms with van der Waals surface area (Å²) in [6, 6.07) is 3.31. The summed E-state index contributed by atoms with van der Waals surface area (Å²) in [6.07, 6.45) is -0.426. The summed E-state index contributed by atoms with van der Waals surface area (Å²) in [5, 5.41) is 19.0. The van der Waals surface area contributed by atoms with Crippen molar-refractivity contribution in [1.29, 1.82) is 0 Å². The minimum Gasteiger partial charge on any atom is -0.492 e. The molecule has 4 N–H and O–H groups in total. The predicted octanol–water partition coefficient (Wildman–Crippen LogP) is -0.150. The Kier molecular flexibility index (Phi) is 5.71. The fourth-order valence-corrected chi connectivity index (χ4v) is 2.20. The molecule has 1 aliphatic heterocycles. The van der Waals surface area contributed by atoms with E-state index in [0.29, 0.717) is 21.8 Å². The monoisotopic (exact) mass is 293 g/mol. The lowest BCUT2D eigenvalue weighted by Gasteiger charge is -2.12. The van der Waals surface area contributed by atoms with Crippen molar-refractivity contribution >= 4 is 36.6 Å². The fraction of sp³-hybridized carbons (Fsp3) is 0.400. The van der Waals surface area contributed by atoms with E-state index in [1.807, 2.05) is 0 Å². The van der Waals surface area contributed by atoms with E-state index in [-0.39, 0.29) is 32.2 Å². The number of nitrogens with two attached hydrogens (primary N) is 1. The van der Waals surface area contributed by atoms with Gasteiger partial charge < -0.3 is 25.3 Å². The lowest BCUT2D eigenvalue weighted by molar-refractivity contribution is 0.197. The minimum absolute atomic E-state index is 0. The van der Waals surface area contributed by atoms with Gasteiger partial charge in [-0.3, -0.25) is 0 Å². The van der Waals surface area contributed by atoms with Gasteiger partial charge in [0.15, 0.2) is 0 Å². The van der Waals surface area contributed by atoms with Gasteiger partial charge in [0.1, 0.15) is 12.4 Å². The maximum atomic E-state index is 9.81. The van der Waals surface area contributed by atoms with Gasteiger partial charge in [0, 0.05) is 22.6 Å². The molecule has 0 saturated heterocycles. The van der Waals surface area contributed by atoms with Gasteiger partial charge >= 0.3 is 7.12 Å². The van der Waals surface area contributed by atoms with Crippen LogP contribution in [-0.2, 0) is 4.65 Å². The Bertz CT molecular complexity index is 421. The summed E-state index contributed by atoms with van der Waals surface area (Å²) in [4.78, 5) is 0. The molecule has 0 fully saturated rings. The Labute approximate surface area is 116 Å². The first-order valence-corrected chi connectivity index (χ1v) is 5.66. The minimum atomic E-state index is -1.09. The molecule has 18 heavy (non-hydrogen) atoms. The van der Waals surface area contributed by atoms with Crippen LogP contribution in [0.1, 0.15) is 11.7 Å². The number of ether oxygens (including phenoxy) is 1. The maximum absolute atomic E-state index is 9.81. The van der Waals surface area contributed by atoms with Crippen LogP contribution in [0.25, 0.3) is 0 Å². The van der Waals surface area contributed by atoms with E-state index in [2.05, 4.69) is 0 Å². The van der Waals surface area contributed by atoms with Gasteiger partial charge in [0.2, 0.25) is 0 Å². The van der Waals surface area contributed by atoms with Crippen molar-refractivity contribution in [2.45, 2.75) is 6.10 Å². The molecule has 1 heterocycles. The highest BCUT2D eigenvalue weighted by Crippen LogP contribution is 2.32. The zero-order valence-electron chi connectivity index (χ0n) is 9.51. The van der Waals surface area contributed by atoms with Crippen LogP contribution in [0.3, 0.4) is 0 Å². The van der Waals surface area contributed by atoms with Crippen LogP contribution in [0.2, 0.25) is 5.02 Å². The van der Waals surface area contributed by atoms with Gasteiger partial charge in [0.05, 0.1) is 12.7 Å². The van der Waals surface area contributed by atoms with Gasteiger partial charge in [0.25, 0.3) is 0 Å². The van der Waals surface area contributed by atoms with Crippen molar-refractivity contribution in [2.75, 3.05) is 19.8 Å². The van der Waals surface area contributed by atoms with Crippen molar-refractivity contribution < 1.29 is 19.5 Å². The Balaban J connectivity index is 0.00000162. The van der Waals surface area contributed by atoms with Crippen LogP contribution >= 0.6 is 24.0 Å². The van der Waals surface area contributed by atoms with Gasteiger partial charge in [-0.05, 0) is 12.1 Å². The van der Waals surface area contributed by atoms with Crippen molar-refractivity contribution in [3.8, 4) is 5.75 Å². The summed E-state index contributed by atoms with van der Waals surface area (Å²) in [5.41, 5.74) is 6.72. The molecule has 0 aromatic heterocycles. The van der Waals surface area contributed by atoms with Crippen LogP contribution in [0.15, 0.2) is 12.1 Å². The van der Waals surface area contributed by atoms with E-state index in [1.165, 1.54) is 0 Å². The largest absolute Gasteiger partial charge is 0.495 e. The molecule has 1 aromatic rings. The van der Waals surface area contributed by atoms with Gasteiger partial charge in [-0.15, -0.1) is 12.4 Å². The summed E-state index contributed by atoms with van der Waals surface area (Å²) in [6.45, 7) is 0.274. The highest BCUT2D eigenvalue weighted by atomic mass is 35.5. The number of hydrogen-bond donors (Lipinski definition) is 3. The van der Waals surface area contributed by atoms with E-state index in [4.69, 9.17) is 31.8 Å². The van der Waals surface area contributed by atoms with Gasteiger partial charge in [-0.25, -0.2) is 0 Å². The number of aliphatic hydroxyl groups excluding tert-OH is 1. The summed E-state index contributed by atoms with van der Waals surface area (Å²) < 4.78 is 10.6. The lowest BCUT2D eigenvalue weighted by atomic mass is 9.78. The molecule has 1 unspecified atom stereocenters. The van der Waals surface area contributed by atoms with Crippen LogP contribution in [-0.4, -0.2) is 37.0 Å². The van der Waals surface area contributed by atoms with E-state index in [0.717, 1.165) is 0 Å². The third-order valence-electron chi connectivity index (χ3n) is 2.62. The number of halogens is 2. The number of hydrogen-bond acceptors (Lipinski definition) is 5. The number of rotatable bonds is 4. The van der Waals surface area contributed by atoms with E-state index in [1.54, 1.807) is 12.1 Å². The summed E-state index contributed by atoms with van der Waals surface area (Å²) in [5.74, 6) is 0.460. The first-order valence-electron chi connectivity index (χ1n) is 5.28. The molecule has 100 valence electrons. The van der Waals surface area contributed by atoms with E-state index < -0.39 is 13.2 Å². The standard InChI is InChI=1S/C10H13BClNO4.ClH/c12-6-1-2-7(16-4-3-14)10-9(6)8(5-13)17-11(10)15;/h1-2,8,14-15H,3-5,13H2;1H. The van der Waals surface area contributed by atoms with Crippen molar-refractivity contribution in [3.05, 3.63) is 22.7 Å². The number of aliphatic hydroxyl groups is 1. The zero-order chi connectivity index (χ0) is 12.4. The Hall–Kier alpha value is -0.495. The van der Waals surface area contributed by atoms with Crippen LogP contribution in [0, 0.1) is 0 Å². The van der Waals surface area contributed by atoms with Crippen molar-refractivity contribution in [1.82, 2.24) is 0 Å². The van der Waals surface area contributed by atoms with Crippen LogP contribution in [0.5, 0.6) is 5.75 Å². The third-order valence-corrected chi connectivity index (χ3v) is 2.95. The zero-order valence-corrected chi connectivity index (χ0v) is 11.1. The summed E-state index contributed by atoms with van der Waals surface area (Å²) in [7, 11) is -1.09. The quantitative estimate of drug-likeness (QED) is 0.673. The average Bonchev–Trinajstić information content (AvgIpc) is 2.67. The number of benzene rings is 1. The van der Waals surface area contributed by atoms with Gasteiger partial charge in [-0.1, -0.05) is 11.6 Å². The van der Waals surface area contributed by atoms with Crippen molar-refractivity contribution in [3.63, 3.8) is 0 Å². The molecule has 0 bridgehead atoms. The van der Waals surface area contributed by atoms with Crippen molar-refractivity contribution in [2.24, 2.45) is 5.73 Å². The SMILES string of the molecule is Cl.NCC1OB(O)c2c(OCCO)ccc(Cl)c21. The van der Waals surface area contributed by atoms with E-state index in [9.17, 15) is 5.02 Å². The Morgan fingerprint density at radius 1 is 1.50 bits per heavy atom. The topological polar surface area (TPSA) is 84.9 Å². The molecule has 5 nitrogen and oxygen atoms in total. The Morgan fingerprint density at radius 2 is 2.22 bits per heavy atom. The molecule has 0 amide bonds. The second-order valence-electron chi connectivity index (χ2n) is 3.66. The molecule has 1 aromatic carbocycles. The average molecular weight is 294 g/mol. The first-order chi connectivity index (χ1) is 8.19. The molecular weight excluding hydrogens is 280 g/mol. The first kappa shape index (κ1) is 15.6. The molecule has 8 heteroatoms. The second-order valence-corrected chi connectivity index (χ2v) is 4.06. The normalized spacial score (nSPS) is 17.3. The molecule has 0 aliphatic carbocycles. The highest BCUT2D eigenvalue weighted by molar-refractivity contribution is 6.63. The van der Waals surface area contributed by atoms with Gasteiger partial charge in [-0.2, -0.15) is 0 Å². The smallest absolute Gasteiger partial charge is 0.492 e. The molecule has 1 aliphatic rings. The lowest BCUT2D eigenvalue weighted by Crippen LogP contribution is -2.30. The van der Waals surface area contributed by atoms with Crippen LogP contribution < -0.4 is 15.9 Å². The number of fused-ring (bicyclic) bond motifs is 1. The van der Waals surface area contributed by atoms with Crippen LogP contribution in [0.4, 0.5) is 0 Å². The highest BCUT2D eigenvalue weighted by Gasteiger charge is 2.39. The summed E-state index contributed by atoms with van der Waals surface area (Å²) >= 11 is 6.06. The maximum Gasteiger partial charge on any atom is 0.495 e. The molecular formula is C10H14BCl2NO4. The molecule has 0 saturated carbocycles. The Morgan fingerprint density at radius 3 is 2.83 bits per heavy atom. The fourth-order valence-electron chi connectivity index (χ4n) is 1.92. The molecule has 0 spiro atoms. The molecule has 0 radical (unpaired) electrons.